The van der Waals surface area contributed by atoms with Crippen molar-refractivity contribution in [3.8, 4) is 0 Å². The number of rotatable bonds is 6. The van der Waals surface area contributed by atoms with Crippen LogP contribution in [0.4, 0.5) is 0 Å². The second-order valence-electron chi connectivity index (χ2n) is 4.99. The molecule has 1 aromatic carbocycles. The normalized spacial score (nSPS) is 18.1. The summed E-state index contributed by atoms with van der Waals surface area (Å²) in [5.74, 6) is -0.108. The monoisotopic (exact) mass is 310 g/mol. The van der Waals surface area contributed by atoms with Crippen molar-refractivity contribution in [2.75, 3.05) is 20.3 Å². The molecule has 1 aromatic rings. The highest BCUT2D eigenvalue weighted by Crippen LogP contribution is 2.22. The van der Waals surface area contributed by atoms with E-state index in [-0.39, 0.29) is 11.8 Å². The van der Waals surface area contributed by atoms with Crippen LogP contribution < -0.4 is 5.32 Å². The number of ether oxygens (including phenoxy) is 1. The van der Waals surface area contributed by atoms with Crippen molar-refractivity contribution in [2.24, 2.45) is 0 Å². The van der Waals surface area contributed by atoms with E-state index in [1.165, 1.54) is 0 Å². The number of likely N-dealkylation sites (tertiary alicyclic amines) is 1. The van der Waals surface area contributed by atoms with Crippen LogP contribution in [0.1, 0.15) is 18.4 Å². The van der Waals surface area contributed by atoms with Gasteiger partial charge in [0.15, 0.2) is 0 Å². The summed E-state index contributed by atoms with van der Waals surface area (Å²) in [4.78, 5) is 25.8. The SMILES string of the molecule is COCCNC(=O)C1CCC(=O)N1Cc1ccc(Cl)cc1. The first-order valence-corrected chi connectivity index (χ1v) is 7.30. The Morgan fingerprint density at radius 1 is 1.43 bits per heavy atom. The lowest BCUT2D eigenvalue weighted by Gasteiger charge is -2.24. The van der Waals surface area contributed by atoms with Crippen molar-refractivity contribution < 1.29 is 14.3 Å². The van der Waals surface area contributed by atoms with Gasteiger partial charge >= 0.3 is 0 Å². The van der Waals surface area contributed by atoms with Crippen molar-refractivity contribution in [2.45, 2.75) is 25.4 Å². The Morgan fingerprint density at radius 3 is 2.81 bits per heavy atom. The van der Waals surface area contributed by atoms with E-state index in [1.807, 2.05) is 12.1 Å². The molecule has 1 fully saturated rings. The number of hydrogen-bond acceptors (Lipinski definition) is 3. The molecule has 5 nitrogen and oxygen atoms in total. The first-order chi connectivity index (χ1) is 10.1. The van der Waals surface area contributed by atoms with Gasteiger partial charge in [-0.2, -0.15) is 0 Å². The molecule has 2 amide bonds. The molecule has 1 aliphatic heterocycles. The van der Waals surface area contributed by atoms with Gasteiger partial charge in [-0.05, 0) is 24.1 Å². The third-order valence-corrected chi connectivity index (χ3v) is 3.75. The van der Waals surface area contributed by atoms with E-state index >= 15 is 0 Å². The quantitative estimate of drug-likeness (QED) is 0.812. The molecule has 0 saturated carbocycles. The van der Waals surface area contributed by atoms with E-state index in [0.717, 1.165) is 5.56 Å². The molecule has 1 heterocycles. The highest BCUT2D eigenvalue weighted by Gasteiger charge is 2.35. The Balaban J connectivity index is 1.99. The molecule has 0 aliphatic carbocycles. The number of halogens is 1. The van der Waals surface area contributed by atoms with Gasteiger partial charge in [0.25, 0.3) is 0 Å². The smallest absolute Gasteiger partial charge is 0.242 e. The van der Waals surface area contributed by atoms with Crippen LogP contribution in [0, 0.1) is 0 Å². The Labute approximate surface area is 129 Å². The Hall–Kier alpha value is -1.59. The van der Waals surface area contributed by atoms with Gasteiger partial charge < -0.3 is 15.0 Å². The number of carbonyl (C=O) groups excluding carboxylic acids is 2. The van der Waals surface area contributed by atoms with Crippen LogP contribution >= 0.6 is 11.6 Å². The van der Waals surface area contributed by atoms with Gasteiger partial charge in [-0.3, -0.25) is 9.59 Å². The van der Waals surface area contributed by atoms with E-state index < -0.39 is 6.04 Å². The number of carbonyl (C=O) groups is 2. The van der Waals surface area contributed by atoms with Crippen LogP contribution in [0.3, 0.4) is 0 Å². The van der Waals surface area contributed by atoms with Crippen LogP contribution in [-0.2, 0) is 20.9 Å². The summed E-state index contributed by atoms with van der Waals surface area (Å²) in [6, 6.07) is 6.91. The summed E-state index contributed by atoms with van der Waals surface area (Å²) >= 11 is 5.85. The topological polar surface area (TPSA) is 58.6 Å². The zero-order chi connectivity index (χ0) is 15.2. The highest BCUT2D eigenvalue weighted by molar-refractivity contribution is 6.30. The van der Waals surface area contributed by atoms with Crippen LogP contribution in [0.25, 0.3) is 0 Å². The maximum absolute atomic E-state index is 12.1. The predicted molar refractivity (Wildman–Crippen MR) is 79.9 cm³/mol. The van der Waals surface area contributed by atoms with Crippen molar-refractivity contribution in [1.82, 2.24) is 10.2 Å². The van der Waals surface area contributed by atoms with Gasteiger partial charge in [-0.15, -0.1) is 0 Å². The van der Waals surface area contributed by atoms with Crippen LogP contribution in [0.15, 0.2) is 24.3 Å². The number of methoxy groups -OCH3 is 1. The maximum Gasteiger partial charge on any atom is 0.242 e. The molecule has 6 heteroatoms. The molecular formula is C15H19ClN2O3. The standard InChI is InChI=1S/C15H19ClN2O3/c1-21-9-8-17-15(20)13-6-7-14(19)18(13)10-11-2-4-12(16)5-3-11/h2-5,13H,6-10H2,1H3,(H,17,20). The van der Waals surface area contributed by atoms with Gasteiger partial charge in [0.1, 0.15) is 6.04 Å². The molecule has 0 spiro atoms. The lowest BCUT2D eigenvalue weighted by molar-refractivity contribution is -0.135. The molecule has 21 heavy (non-hydrogen) atoms. The lowest BCUT2D eigenvalue weighted by atomic mass is 10.1. The average molecular weight is 311 g/mol. The number of hydrogen-bond donors (Lipinski definition) is 1. The van der Waals surface area contributed by atoms with Gasteiger partial charge in [-0.25, -0.2) is 0 Å². The summed E-state index contributed by atoms with van der Waals surface area (Å²) in [7, 11) is 1.58. The summed E-state index contributed by atoms with van der Waals surface area (Å²) < 4.78 is 4.90. The summed E-state index contributed by atoms with van der Waals surface area (Å²) in [5, 5.41) is 3.45. The lowest BCUT2D eigenvalue weighted by Crippen LogP contribution is -2.45. The van der Waals surface area contributed by atoms with E-state index in [1.54, 1.807) is 24.1 Å². The molecule has 114 valence electrons. The summed E-state index contributed by atoms with van der Waals surface area (Å²) in [6.45, 7) is 1.34. The molecule has 2 rings (SSSR count). The van der Waals surface area contributed by atoms with E-state index in [4.69, 9.17) is 16.3 Å². The fourth-order valence-electron chi connectivity index (χ4n) is 2.39. The van der Waals surface area contributed by atoms with Gasteiger partial charge in [0.05, 0.1) is 6.61 Å². The van der Waals surface area contributed by atoms with Crippen LogP contribution in [-0.4, -0.2) is 43.0 Å². The van der Waals surface area contributed by atoms with E-state index in [2.05, 4.69) is 5.32 Å². The largest absolute Gasteiger partial charge is 0.383 e. The van der Waals surface area contributed by atoms with Crippen molar-refractivity contribution in [3.63, 3.8) is 0 Å². The Bertz CT molecular complexity index is 504. The predicted octanol–water partition coefficient (Wildman–Crippen LogP) is 1.59. The van der Waals surface area contributed by atoms with Crippen LogP contribution in [0.5, 0.6) is 0 Å². The molecular weight excluding hydrogens is 292 g/mol. The molecule has 0 bridgehead atoms. The molecule has 1 aliphatic rings. The minimum atomic E-state index is -0.398. The van der Waals surface area contributed by atoms with Gasteiger partial charge in [0.2, 0.25) is 11.8 Å². The van der Waals surface area contributed by atoms with Crippen molar-refractivity contribution >= 4 is 23.4 Å². The Kier molecular flexibility index (Phi) is 5.59. The number of amides is 2. The third kappa shape index (κ3) is 4.19. The first-order valence-electron chi connectivity index (χ1n) is 6.92. The molecule has 0 aromatic heterocycles. The number of benzene rings is 1. The fraction of sp³-hybridized carbons (Fsp3) is 0.467. The average Bonchev–Trinajstić information content (AvgIpc) is 2.83. The zero-order valence-corrected chi connectivity index (χ0v) is 12.7. The zero-order valence-electron chi connectivity index (χ0n) is 12.0. The molecule has 1 unspecified atom stereocenters. The van der Waals surface area contributed by atoms with E-state index in [0.29, 0.717) is 37.6 Å². The van der Waals surface area contributed by atoms with Gasteiger partial charge in [-0.1, -0.05) is 23.7 Å². The van der Waals surface area contributed by atoms with Gasteiger partial charge in [0, 0.05) is 31.6 Å². The Morgan fingerprint density at radius 2 is 2.14 bits per heavy atom. The second kappa shape index (κ2) is 7.43. The third-order valence-electron chi connectivity index (χ3n) is 3.50. The minimum Gasteiger partial charge on any atom is -0.383 e. The second-order valence-corrected chi connectivity index (χ2v) is 5.42. The summed E-state index contributed by atoms with van der Waals surface area (Å²) in [6.07, 6.45) is 0.973. The molecule has 1 atom stereocenters. The van der Waals surface area contributed by atoms with Crippen molar-refractivity contribution in [1.29, 1.82) is 0 Å². The number of nitrogens with one attached hydrogen (secondary N) is 1. The molecule has 0 radical (unpaired) electrons. The minimum absolute atomic E-state index is 0.0110. The summed E-state index contributed by atoms with van der Waals surface area (Å²) in [5.41, 5.74) is 0.962. The maximum atomic E-state index is 12.1. The highest BCUT2D eigenvalue weighted by atomic mass is 35.5. The number of nitrogens with zero attached hydrogens (tertiary/aromatic N) is 1. The molecule has 1 saturated heterocycles. The molecule has 1 N–H and O–H groups in total. The first kappa shape index (κ1) is 15.8. The van der Waals surface area contributed by atoms with Crippen LogP contribution in [0.2, 0.25) is 5.02 Å². The van der Waals surface area contributed by atoms with E-state index in [9.17, 15) is 9.59 Å². The van der Waals surface area contributed by atoms with Crippen molar-refractivity contribution in [3.05, 3.63) is 34.9 Å². The fourth-order valence-corrected chi connectivity index (χ4v) is 2.51.